The second-order valence-electron chi connectivity index (χ2n) is 5.48. The van der Waals surface area contributed by atoms with Gasteiger partial charge < -0.3 is 16.0 Å². The second-order valence-corrected chi connectivity index (χ2v) is 5.48. The Balaban J connectivity index is 1.77. The SMILES string of the molecule is CN(C)C1(CNc2nc(N)nc(-n3cncn3)n2)CCC1. The molecule has 1 aliphatic carbocycles. The molecule has 2 heterocycles. The highest BCUT2D eigenvalue weighted by Crippen LogP contribution is 2.36. The molecule has 0 aromatic carbocycles. The van der Waals surface area contributed by atoms with Crippen LogP contribution in [-0.2, 0) is 0 Å². The average Bonchev–Trinajstić information content (AvgIpc) is 2.90. The lowest BCUT2D eigenvalue weighted by Gasteiger charge is -2.47. The van der Waals surface area contributed by atoms with Gasteiger partial charge in [0.15, 0.2) is 0 Å². The number of hydrogen-bond donors (Lipinski definition) is 2. The summed E-state index contributed by atoms with van der Waals surface area (Å²) in [4.78, 5) is 18.6. The molecule has 21 heavy (non-hydrogen) atoms. The van der Waals surface area contributed by atoms with Crippen molar-refractivity contribution in [1.82, 2.24) is 34.6 Å². The largest absolute Gasteiger partial charge is 0.368 e. The molecule has 0 amide bonds. The first-order valence-electron chi connectivity index (χ1n) is 6.87. The molecule has 0 spiro atoms. The van der Waals surface area contributed by atoms with E-state index in [1.165, 1.54) is 36.6 Å². The number of nitrogen functional groups attached to an aromatic ring is 1. The van der Waals surface area contributed by atoms with E-state index in [4.69, 9.17) is 5.73 Å². The van der Waals surface area contributed by atoms with Crippen molar-refractivity contribution in [2.75, 3.05) is 31.7 Å². The highest BCUT2D eigenvalue weighted by Gasteiger charge is 2.38. The van der Waals surface area contributed by atoms with Gasteiger partial charge in [-0.3, -0.25) is 0 Å². The highest BCUT2D eigenvalue weighted by atomic mass is 15.4. The molecule has 0 saturated heterocycles. The average molecular weight is 289 g/mol. The number of nitrogens with zero attached hydrogens (tertiary/aromatic N) is 7. The number of rotatable bonds is 5. The molecule has 1 saturated carbocycles. The molecule has 0 aliphatic heterocycles. The van der Waals surface area contributed by atoms with Crippen molar-refractivity contribution in [2.24, 2.45) is 0 Å². The fraction of sp³-hybridized carbons (Fsp3) is 0.583. The van der Waals surface area contributed by atoms with Crippen molar-refractivity contribution in [3.8, 4) is 5.95 Å². The maximum atomic E-state index is 5.74. The van der Waals surface area contributed by atoms with Crippen molar-refractivity contribution in [1.29, 1.82) is 0 Å². The standard InChI is InChI=1S/C12H19N9/c1-20(2)12(4-3-5-12)6-15-10-17-9(13)18-11(19-10)21-8-14-7-16-21/h7-8H,3-6H2,1-2H3,(H3,13,15,17,18,19). The molecular weight excluding hydrogens is 270 g/mol. The van der Waals surface area contributed by atoms with Crippen molar-refractivity contribution in [2.45, 2.75) is 24.8 Å². The van der Waals surface area contributed by atoms with E-state index in [-0.39, 0.29) is 11.5 Å². The van der Waals surface area contributed by atoms with Gasteiger partial charge in [-0.15, -0.1) is 0 Å². The number of hydrogen-bond acceptors (Lipinski definition) is 8. The predicted octanol–water partition coefficient (Wildman–Crippen LogP) is -0.0693. The summed E-state index contributed by atoms with van der Waals surface area (Å²) in [6, 6.07) is 0. The van der Waals surface area contributed by atoms with Crippen LogP contribution in [0.1, 0.15) is 19.3 Å². The topological polar surface area (TPSA) is 111 Å². The molecule has 2 aromatic heterocycles. The fourth-order valence-corrected chi connectivity index (χ4v) is 2.48. The molecule has 1 aliphatic rings. The van der Waals surface area contributed by atoms with Crippen molar-refractivity contribution >= 4 is 11.9 Å². The monoisotopic (exact) mass is 289 g/mol. The minimum Gasteiger partial charge on any atom is -0.368 e. The van der Waals surface area contributed by atoms with Gasteiger partial charge in [0.25, 0.3) is 5.95 Å². The molecule has 0 bridgehead atoms. The van der Waals surface area contributed by atoms with Crippen molar-refractivity contribution in [3.05, 3.63) is 12.7 Å². The second kappa shape index (κ2) is 5.24. The van der Waals surface area contributed by atoms with Crippen LogP contribution in [0.4, 0.5) is 11.9 Å². The van der Waals surface area contributed by atoms with Gasteiger partial charge in [0.2, 0.25) is 11.9 Å². The zero-order valence-corrected chi connectivity index (χ0v) is 12.2. The van der Waals surface area contributed by atoms with Gasteiger partial charge in [-0.25, -0.2) is 4.98 Å². The maximum absolute atomic E-state index is 5.74. The van der Waals surface area contributed by atoms with Crippen molar-refractivity contribution in [3.63, 3.8) is 0 Å². The van der Waals surface area contributed by atoms with E-state index < -0.39 is 0 Å². The van der Waals surface area contributed by atoms with E-state index >= 15 is 0 Å². The van der Waals surface area contributed by atoms with E-state index in [1.54, 1.807) is 0 Å². The quantitative estimate of drug-likeness (QED) is 0.787. The molecule has 3 rings (SSSR count). The van der Waals surface area contributed by atoms with Crippen LogP contribution in [0.25, 0.3) is 5.95 Å². The van der Waals surface area contributed by atoms with Gasteiger partial charge in [-0.05, 0) is 33.4 Å². The Hall–Kier alpha value is -2.29. The molecular formula is C12H19N9. The highest BCUT2D eigenvalue weighted by molar-refractivity contribution is 5.35. The minimum atomic E-state index is 0.158. The molecule has 0 unspecified atom stereocenters. The van der Waals surface area contributed by atoms with Gasteiger partial charge in [0.05, 0.1) is 0 Å². The number of nitrogens with two attached hydrogens (primary N) is 1. The van der Waals surface area contributed by atoms with Crippen LogP contribution in [0.15, 0.2) is 12.7 Å². The van der Waals surface area contributed by atoms with Crippen LogP contribution >= 0.6 is 0 Å². The summed E-state index contributed by atoms with van der Waals surface area (Å²) in [5.41, 5.74) is 5.91. The summed E-state index contributed by atoms with van der Waals surface area (Å²) < 4.78 is 1.45. The Morgan fingerprint density at radius 1 is 1.33 bits per heavy atom. The summed E-state index contributed by atoms with van der Waals surface area (Å²) in [6.07, 6.45) is 6.53. The van der Waals surface area contributed by atoms with E-state index in [9.17, 15) is 0 Å². The molecule has 1 fully saturated rings. The third-order valence-electron chi connectivity index (χ3n) is 4.07. The number of nitrogens with one attached hydrogen (secondary N) is 1. The zero-order chi connectivity index (χ0) is 14.9. The fourth-order valence-electron chi connectivity index (χ4n) is 2.48. The predicted molar refractivity (Wildman–Crippen MR) is 77.9 cm³/mol. The normalized spacial score (nSPS) is 16.7. The first-order valence-corrected chi connectivity index (χ1v) is 6.87. The Bertz CT molecular complexity index is 603. The van der Waals surface area contributed by atoms with Crippen LogP contribution in [0, 0.1) is 0 Å². The molecule has 2 aromatic rings. The summed E-state index contributed by atoms with van der Waals surface area (Å²) in [5, 5.41) is 7.26. The van der Waals surface area contributed by atoms with E-state index in [1.807, 2.05) is 0 Å². The van der Waals surface area contributed by atoms with E-state index in [2.05, 4.69) is 49.3 Å². The first kappa shape index (κ1) is 13.7. The smallest absolute Gasteiger partial charge is 0.258 e. The summed E-state index contributed by atoms with van der Waals surface area (Å²) in [6.45, 7) is 0.778. The van der Waals surface area contributed by atoms with Gasteiger partial charge >= 0.3 is 0 Å². The molecule has 0 atom stereocenters. The lowest BCUT2D eigenvalue weighted by Crippen LogP contribution is -2.54. The van der Waals surface area contributed by atoms with Gasteiger partial charge in [-0.1, -0.05) is 0 Å². The molecule has 9 heteroatoms. The first-order chi connectivity index (χ1) is 10.1. The Morgan fingerprint density at radius 2 is 2.14 bits per heavy atom. The summed E-state index contributed by atoms with van der Waals surface area (Å²) in [7, 11) is 4.20. The van der Waals surface area contributed by atoms with Crippen LogP contribution in [0.3, 0.4) is 0 Å². The van der Waals surface area contributed by atoms with Crippen LogP contribution in [-0.4, -0.2) is 60.8 Å². The third-order valence-corrected chi connectivity index (χ3v) is 4.07. The summed E-state index contributed by atoms with van der Waals surface area (Å²) >= 11 is 0. The molecule has 9 nitrogen and oxygen atoms in total. The van der Waals surface area contributed by atoms with Gasteiger partial charge in [0.1, 0.15) is 12.7 Å². The van der Waals surface area contributed by atoms with E-state index in [0.29, 0.717) is 11.9 Å². The minimum absolute atomic E-state index is 0.158. The van der Waals surface area contributed by atoms with Gasteiger partial charge in [-0.2, -0.15) is 24.7 Å². The van der Waals surface area contributed by atoms with Gasteiger partial charge in [0, 0.05) is 12.1 Å². The lowest BCUT2D eigenvalue weighted by molar-refractivity contribution is 0.0737. The van der Waals surface area contributed by atoms with Crippen LogP contribution < -0.4 is 11.1 Å². The Labute approximate surface area is 122 Å². The summed E-state index contributed by atoms with van der Waals surface area (Å²) in [5.74, 6) is 0.974. The maximum Gasteiger partial charge on any atom is 0.258 e. The Morgan fingerprint density at radius 3 is 2.71 bits per heavy atom. The van der Waals surface area contributed by atoms with Crippen molar-refractivity contribution < 1.29 is 0 Å². The van der Waals surface area contributed by atoms with Crippen LogP contribution in [0.5, 0.6) is 0 Å². The third kappa shape index (κ3) is 2.64. The number of anilines is 2. The lowest BCUT2D eigenvalue weighted by atomic mass is 9.75. The zero-order valence-electron chi connectivity index (χ0n) is 12.2. The molecule has 3 N–H and O–H groups in total. The molecule has 112 valence electrons. The number of aromatic nitrogens is 6. The molecule has 0 radical (unpaired) electrons. The Kier molecular flexibility index (Phi) is 3.42. The number of likely N-dealkylation sites (N-methyl/N-ethyl adjacent to an activating group) is 1. The van der Waals surface area contributed by atoms with Crippen LogP contribution in [0.2, 0.25) is 0 Å². The van der Waals surface area contributed by atoms with E-state index in [0.717, 1.165) is 6.54 Å².